The summed E-state index contributed by atoms with van der Waals surface area (Å²) in [6.45, 7) is 0. The van der Waals surface area contributed by atoms with Gasteiger partial charge in [-0.1, -0.05) is 22.9 Å². The van der Waals surface area contributed by atoms with E-state index in [4.69, 9.17) is 21.1 Å². The monoisotopic (exact) mass is 574 g/mol. The molecule has 0 saturated carbocycles. The Morgan fingerprint density at radius 1 is 0.923 bits per heavy atom. The first-order chi connectivity index (χ1) is 18.6. The number of thiazole rings is 1. The maximum atomic E-state index is 13.1. The van der Waals surface area contributed by atoms with E-state index in [2.05, 4.69) is 30.9 Å². The summed E-state index contributed by atoms with van der Waals surface area (Å²) in [6, 6.07) is 11.0. The number of urea groups is 1. The van der Waals surface area contributed by atoms with Crippen molar-refractivity contribution in [3.8, 4) is 11.5 Å². The molecule has 0 fully saturated rings. The first-order valence-electron chi connectivity index (χ1n) is 11.1. The van der Waals surface area contributed by atoms with E-state index in [1.165, 1.54) is 30.8 Å². The van der Waals surface area contributed by atoms with Crippen LogP contribution >= 0.6 is 22.9 Å². The highest BCUT2D eigenvalue weighted by Crippen LogP contribution is 2.37. The molecular weight excluding hydrogens is 557 g/mol. The lowest BCUT2D eigenvalue weighted by Gasteiger charge is -2.12. The number of carbonyl (C=O) groups is 1. The molecule has 0 aliphatic rings. The Morgan fingerprint density at radius 3 is 2.33 bits per heavy atom. The third-order valence-electron chi connectivity index (χ3n) is 5.54. The Labute approximate surface area is 228 Å². The van der Waals surface area contributed by atoms with Gasteiger partial charge in [0.2, 0.25) is 0 Å². The van der Waals surface area contributed by atoms with Crippen LogP contribution in [0.4, 0.5) is 40.3 Å². The Bertz CT molecular complexity index is 1710. The maximum Gasteiger partial charge on any atom is 0.417 e. The fourth-order valence-corrected chi connectivity index (χ4v) is 4.83. The number of hydrogen-bond donors (Lipinski definition) is 3. The van der Waals surface area contributed by atoms with Crippen molar-refractivity contribution in [3.05, 3.63) is 65.4 Å². The van der Waals surface area contributed by atoms with Crippen molar-refractivity contribution in [1.82, 2.24) is 15.0 Å². The van der Waals surface area contributed by atoms with Gasteiger partial charge < -0.3 is 25.4 Å². The minimum atomic E-state index is -4.65. The minimum absolute atomic E-state index is 0.0585. The number of ether oxygens (including phenoxy) is 2. The van der Waals surface area contributed by atoms with Crippen LogP contribution in [0.25, 0.3) is 21.1 Å². The second-order valence-corrected chi connectivity index (χ2v) is 9.48. The molecule has 2 aromatic heterocycles. The van der Waals surface area contributed by atoms with Crippen molar-refractivity contribution in [2.75, 3.05) is 30.2 Å². The van der Waals surface area contributed by atoms with Crippen molar-refractivity contribution in [1.29, 1.82) is 0 Å². The molecule has 5 aromatic rings. The molecular formula is C25H18ClF3N6O3S. The van der Waals surface area contributed by atoms with Crippen molar-refractivity contribution in [2.45, 2.75) is 6.18 Å². The highest BCUT2D eigenvalue weighted by Gasteiger charge is 2.33. The van der Waals surface area contributed by atoms with Gasteiger partial charge in [0.05, 0.1) is 40.5 Å². The molecule has 2 heterocycles. The number of carbonyl (C=O) groups excluding carboxylic acids is 1. The van der Waals surface area contributed by atoms with Crippen molar-refractivity contribution in [3.63, 3.8) is 0 Å². The molecule has 0 atom stereocenters. The van der Waals surface area contributed by atoms with Crippen molar-refractivity contribution >= 4 is 72.4 Å². The predicted octanol–water partition coefficient (Wildman–Crippen LogP) is 7.32. The van der Waals surface area contributed by atoms with E-state index in [-0.39, 0.29) is 5.69 Å². The molecule has 0 saturated heterocycles. The minimum Gasteiger partial charge on any atom is -0.493 e. The Hall–Kier alpha value is -4.36. The van der Waals surface area contributed by atoms with Gasteiger partial charge in [-0.05, 0) is 42.5 Å². The number of benzene rings is 3. The number of hydrogen-bond acceptors (Lipinski definition) is 8. The summed E-state index contributed by atoms with van der Waals surface area (Å²) in [6.07, 6.45) is -3.23. The molecule has 200 valence electrons. The highest BCUT2D eigenvalue weighted by atomic mass is 35.5. The number of anilines is 4. The molecule has 0 bridgehead atoms. The topological polar surface area (TPSA) is 110 Å². The van der Waals surface area contributed by atoms with Crippen molar-refractivity contribution in [2.24, 2.45) is 0 Å². The lowest BCUT2D eigenvalue weighted by molar-refractivity contribution is -0.137. The predicted molar refractivity (Wildman–Crippen MR) is 145 cm³/mol. The van der Waals surface area contributed by atoms with Crippen LogP contribution in [0.15, 0.2) is 54.9 Å². The number of rotatable bonds is 6. The number of halogens is 4. The number of alkyl halides is 3. The molecule has 0 spiro atoms. The second kappa shape index (κ2) is 10.4. The lowest BCUT2D eigenvalue weighted by atomic mass is 10.2. The fourth-order valence-electron chi connectivity index (χ4n) is 3.76. The molecule has 0 unspecified atom stereocenters. The van der Waals surface area contributed by atoms with Crippen LogP contribution in [0.2, 0.25) is 5.02 Å². The molecule has 0 radical (unpaired) electrons. The van der Waals surface area contributed by atoms with Crippen LogP contribution in [0, 0.1) is 0 Å². The summed E-state index contributed by atoms with van der Waals surface area (Å²) >= 11 is 7.00. The largest absolute Gasteiger partial charge is 0.493 e. The quantitative estimate of drug-likeness (QED) is 0.195. The first kappa shape index (κ1) is 26.3. The van der Waals surface area contributed by atoms with Crippen LogP contribution in [0.5, 0.6) is 11.5 Å². The number of fused-ring (bicyclic) bond motifs is 2. The Kier molecular flexibility index (Phi) is 7.02. The van der Waals surface area contributed by atoms with E-state index >= 15 is 0 Å². The SMILES string of the molecule is COc1cc2ncnc(Nc3nc4cc(NC(=O)Nc5ccc(Cl)c(C(F)(F)F)c5)ccc4s3)c2cc1OC. The van der Waals surface area contributed by atoms with E-state index in [9.17, 15) is 18.0 Å². The second-order valence-electron chi connectivity index (χ2n) is 8.04. The molecule has 3 aromatic carbocycles. The fraction of sp³-hybridized carbons (Fsp3) is 0.120. The summed E-state index contributed by atoms with van der Waals surface area (Å²) in [7, 11) is 3.08. The standard InChI is InChI=1S/C25H18ClF3N6O3S/c1-37-19-9-14-17(10-20(19)38-2)30-11-31-22(14)35-24-34-18-8-13(4-6-21(18)39-24)33-23(36)32-12-3-5-16(26)15(7-12)25(27,28)29/h3-11H,1-2H3,(H2,32,33,36)(H,30,31,34,35). The molecule has 2 amide bonds. The van der Waals surface area contributed by atoms with E-state index in [1.54, 1.807) is 37.4 Å². The Morgan fingerprint density at radius 2 is 1.62 bits per heavy atom. The summed E-state index contributed by atoms with van der Waals surface area (Å²) in [5.41, 5.74) is 0.526. The van der Waals surface area contributed by atoms with Gasteiger partial charge in [0.1, 0.15) is 12.1 Å². The molecule has 9 nitrogen and oxygen atoms in total. The van der Waals surface area contributed by atoms with Crippen LogP contribution < -0.4 is 25.4 Å². The van der Waals surface area contributed by atoms with E-state index in [0.29, 0.717) is 44.6 Å². The van der Waals surface area contributed by atoms with Gasteiger partial charge in [0.15, 0.2) is 16.6 Å². The average molecular weight is 575 g/mol. The van der Waals surface area contributed by atoms with Crippen LogP contribution in [0.1, 0.15) is 5.56 Å². The molecule has 39 heavy (non-hydrogen) atoms. The van der Waals surface area contributed by atoms with Gasteiger partial charge in [0.25, 0.3) is 0 Å². The summed E-state index contributed by atoms with van der Waals surface area (Å²) in [5.74, 6) is 1.57. The molecule has 0 aliphatic carbocycles. The summed E-state index contributed by atoms with van der Waals surface area (Å²) in [5, 5.41) is 8.96. The first-order valence-corrected chi connectivity index (χ1v) is 12.3. The normalized spacial score (nSPS) is 11.4. The van der Waals surface area contributed by atoms with E-state index in [0.717, 1.165) is 16.8 Å². The average Bonchev–Trinajstić information content (AvgIpc) is 3.30. The molecule has 3 N–H and O–H groups in total. The van der Waals surface area contributed by atoms with E-state index in [1.807, 2.05) is 0 Å². The number of nitrogens with zero attached hydrogens (tertiary/aromatic N) is 3. The third-order valence-corrected chi connectivity index (χ3v) is 6.82. The summed E-state index contributed by atoms with van der Waals surface area (Å²) in [4.78, 5) is 25.6. The zero-order valence-electron chi connectivity index (χ0n) is 20.2. The van der Waals surface area contributed by atoms with E-state index < -0.39 is 22.8 Å². The third kappa shape index (κ3) is 5.59. The van der Waals surface area contributed by atoms with Crippen molar-refractivity contribution < 1.29 is 27.4 Å². The smallest absolute Gasteiger partial charge is 0.417 e. The zero-order chi connectivity index (χ0) is 27.7. The zero-order valence-corrected chi connectivity index (χ0v) is 21.8. The van der Waals surface area contributed by atoms with Gasteiger partial charge in [0, 0.05) is 22.8 Å². The number of nitrogens with one attached hydrogen (secondary N) is 3. The molecule has 0 aliphatic heterocycles. The van der Waals surface area contributed by atoms with Gasteiger partial charge in [-0.2, -0.15) is 13.2 Å². The Balaban J connectivity index is 1.34. The number of aromatic nitrogens is 3. The lowest BCUT2D eigenvalue weighted by Crippen LogP contribution is -2.19. The van der Waals surface area contributed by atoms with Gasteiger partial charge in [-0.3, -0.25) is 0 Å². The maximum absolute atomic E-state index is 13.1. The van der Waals surface area contributed by atoms with Gasteiger partial charge in [-0.15, -0.1) is 0 Å². The van der Waals surface area contributed by atoms with Crippen LogP contribution in [0.3, 0.4) is 0 Å². The summed E-state index contributed by atoms with van der Waals surface area (Å²) < 4.78 is 50.9. The number of amides is 2. The number of methoxy groups -OCH3 is 2. The van der Waals surface area contributed by atoms with Gasteiger partial charge in [-0.25, -0.2) is 19.7 Å². The van der Waals surface area contributed by atoms with Gasteiger partial charge >= 0.3 is 12.2 Å². The highest BCUT2D eigenvalue weighted by molar-refractivity contribution is 7.22. The molecule has 5 rings (SSSR count). The van der Waals surface area contributed by atoms with Crippen LogP contribution in [-0.2, 0) is 6.18 Å². The molecule has 14 heteroatoms. The van der Waals surface area contributed by atoms with Crippen LogP contribution in [-0.4, -0.2) is 35.2 Å².